The third-order valence-corrected chi connectivity index (χ3v) is 7.63. The number of phenolic OH excluding ortho intramolecular Hbond substituents is 2. The van der Waals surface area contributed by atoms with Gasteiger partial charge in [0.15, 0.2) is 16.9 Å². The molecule has 174 valence electrons. The fourth-order valence-electron chi connectivity index (χ4n) is 4.80. The first kappa shape index (κ1) is 23.9. The van der Waals surface area contributed by atoms with Crippen molar-refractivity contribution in [3.63, 3.8) is 0 Å². The summed E-state index contributed by atoms with van der Waals surface area (Å²) in [6.45, 7) is 9.82. The summed E-state index contributed by atoms with van der Waals surface area (Å²) < 4.78 is 11.0. The second-order valence-corrected chi connectivity index (χ2v) is 9.92. The highest BCUT2D eigenvalue weighted by Crippen LogP contribution is 2.62. The van der Waals surface area contributed by atoms with Crippen LogP contribution in [0.4, 0.5) is 0 Å². The van der Waals surface area contributed by atoms with E-state index in [-0.39, 0.29) is 35.4 Å². The zero-order valence-corrected chi connectivity index (χ0v) is 19.4. The van der Waals surface area contributed by atoms with Gasteiger partial charge in [0.25, 0.3) is 0 Å². The van der Waals surface area contributed by atoms with Crippen LogP contribution in [0.5, 0.6) is 11.5 Å². The van der Waals surface area contributed by atoms with Gasteiger partial charge in [-0.3, -0.25) is 9.59 Å². The van der Waals surface area contributed by atoms with Crippen molar-refractivity contribution < 1.29 is 29.3 Å². The number of carbonyl (C=O) groups is 2. The van der Waals surface area contributed by atoms with E-state index in [9.17, 15) is 20.0 Å². The molecule has 1 aliphatic heterocycles. The maximum absolute atomic E-state index is 12.2. The normalized spacial score (nSPS) is 30.7. The lowest BCUT2D eigenvalue weighted by atomic mass is 9.74. The summed E-state index contributed by atoms with van der Waals surface area (Å²) in [5.74, 6) is -0.361. The molecule has 3 aliphatic rings. The van der Waals surface area contributed by atoms with Gasteiger partial charge in [0.1, 0.15) is 12.2 Å². The van der Waals surface area contributed by atoms with Crippen LogP contribution in [0.1, 0.15) is 71.8 Å². The van der Waals surface area contributed by atoms with Crippen LogP contribution in [0.3, 0.4) is 0 Å². The van der Waals surface area contributed by atoms with Crippen molar-refractivity contribution in [2.75, 3.05) is 0 Å². The highest BCUT2D eigenvalue weighted by atomic mass is 16.6. The van der Waals surface area contributed by atoms with Gasteiger partial charge in [-0.15, -0.1) is 0 Å². The van der Waals surface area contributed by atoms with Gasteiger partial charge in [-0.25, -0.2) is 0 Å². The molecule has 6 atom stereocenters. The molecule has 2 bridgehead atoms. The van der Waals surface area contributed by atoms with E-state index in [1.165, 1.54) is 6.07 Å². The number of aromatic hydroxyl groups is 2. The quantitative estimate of drug-likeness (QED) is 0.511. The van der Waals surface area contributed by atoms with E-state index in [1.807, 2.05) is 26.8 Å². The van der Waals surface area contributed by atoms with Crippen molar-refractivity contribution in [3.05, 3.63) is 23.8 Å². The van der Waals surface area contributed by atoms with E-state index in [0.29, 0.717) is 18.8 Å². The molecule has 32 heavy (non-hydrogen) atoms. The second-order valence-electron chi connectivity index (χ2n) is 9.92. The molecule has 0 spiro atoms. The van der Waals surface area contributed by atoms with Gasteiger partial charge < -0.3 is 19.7 Å². The first-order chi connectivity index (χ1) is 15.0. The number of esters is 2. The van der Waals surface area contributed by atoms with E-state index in [2.05, 4.69) is 19.9 Å². The maximum Gasteiger partial charge on any atom is 0.327 e. The summed E-state index contributed by atoms with van der Waals surface area (Å²) in [5, 5.41) is 27.6. The fraction of sp³-hybridized carbons (Fsp3) is 0.640. The lowest BCUT2D eigenvalue weighted by Gasteiger charge is -2.30. The molecule has 3 fully saturated rings. The summed E-state index contributed by atoms with van der Waals surface area (Å²) in [5.41, 5.74) is -0.442. The number of hydrogen-bond acceptors (Lipinski definition) is 7. The number of ether oxygens (including phenoxy) is 2. The van der Waals surface area contributed by atoms with Crippen LogP contribution in [0.15, 0.2) is 18.2 Å². The Balaban J connectivity index is 0.000000207. The molecule has 1 aromatic carbocycles. The molecule has 7 heteroatoms. The predicted molar refractivity (Wildman–Crippen MR) is 117 cm³/mol. The van der Waals surface area contributed by atoms with Crippen molar-refractivity contribution in [1.29, 1.82) is 5.26 Å². The van der Waals surface area contributed by atoms with Crippen LogP contribution in [0.2, 0.25) is 0 Å². The highest BCUT2D eigenvalue weighted by molar-refractivity contribution is 5.84. The van der Waals surface area contributed by atoms with E-state index >= 15 is 0 Å². The summed E-state index contributed by atoms with van der Waals surface area (Å²) in [6, 6.07) is 7.13. The van der Waals surface area contributed by atoms with E-state index in [0.717, 1.165) is 18.4 Å². The Kier molecular flexibility index (Phi) is 6.46. The molecule has 7 nitrogen and oxygen atoms in total. The summed E-state index contributed by atoms with van der Waals surface area (Å²) in [7, 11) is 0. The van der Waals surface area contributed by atoms with Crippen molar-refractivity contribution in [2.24, 2.45) is 22.7 Å². The number of rotatable bonds is 5. The standard InChI is InChI=1S/C15H19NO4.C10H14O2/c1-4-14(2,3)12(17)19-10-8-5-9-11(10)20-13(18)15(9,6-8)7-16;1-3-7(2)8-4-5-9(11)10(12)6-8/h8-11H,4-6H2,1-3H3;4-7,11-12H,3H2,1-2H3. The highest BCUT2D eigenvalue weighted by Gasteiger charge is 2.72. The number of phenols is 2. The number of fused-ring (bicyclic) bond motifs is 1. The molecular formula is C25H33NO6. The zero-order valence-electron chi connectivity index (χ0n) is 19.4. The van der Waals surface area contributed by atoms with Crippen LogP contribution < -0.4 is 0 Å². The van der Waals surface area contributed by atoms with Crippen LogP contribution in [0, 0.1) is 34.0 Å². The van der Waals surface area contributed by atoms with Crippen LogP contribution in [0.25, 0.3) is 0 Å². The lowest BCUT2D eigenvalue weighted by molar-refractivity contribution is -0.170. The van der Waals surface area contributed by atoms with E-state index in [4.69, 9.17) is 14.6 Å². The zero-order chi connectivity index (χ0) is 23.8. The Morgan fingerprint density at radius 1 is 1.34 bits per heavy atom. The molecular weight excluding hydrogens is 410 g/mol. The van der Waals surface area contributed by atoms with Crippen molar-refractivity contribution in [1.82, 2.24) is 0 Å². The molecule has 0 radical (unpaired) electrons. The molecule has 2 aliphatic carbocycles. The number of carbonyl (C=O) groups excluding carboxylic acids is 2. The van der Waals surface area contributed by atoms with E-state index < -0.39 is 22.9 Å². The van der Waals surface area contributed by atoms with Gasteiger partial charge in [-0.1, -0.05) is 26.8 Å². The molecule has 2 N–H and O–H groups in total. The Labute approximate surface area is 189 Å². The van der Waals surface area contributed by atoms with Crippen LogP contribution in [-0.2, 0) is 19.1 Å². The largest absolute Gasteiger partial charge is 0.504 e. The first-order valence-electron chi connectivity index (χ1n) is 11.4. The Morgan fingerprint density at radius 2 is 2.03 bits per heavy atom. The minimum Gasteiger partial charge on any atom is -0.504 e. The fourth-order valence-corrected chi connectivity index (χ4v) is 4.80. The second kappa shape index (κ2) is 8.65. The van der Waals surface area contributed by atoms with Crippen LogP contribution in [-0.4, -0.2) is 34.4 Å². The number of nitrogens with zero attached hydrogens (tertiary/aromatic N) is 1. The van der Waals surface area contributed by atoms with Crippen molar-refractivity contribution in [3.8, 4) is 17.6 Å². The number of nitriles is 1. The predicted octanol–water partition coefficient (Wildman–Crippen LogP) is 4.42. The topological polar surface area (TPSA) is 117 Å². The van der Waals surface area contributed by atoms with Gasteiger partial charge in [-0.05, 0) is 63.1 Å². The van der Waals surface area contributed by atoms with Gasteiger partial charge >= 0.3 is 11.9 Å². The van der Waals surface area contributed by atoms with Gasteiger partial charge in [0, 0.05) is 11.8 Å². The van der Waals surface area contributed by atoms with Crippen molar-refractivity contribution >= 4 is 11.9 Å². The minimum absolute atomic E-state index is 0.0344. The van der Waals surface area contributed by atoms with Gasteiger partial charge in [-0.2, -0.15) is 5.26 Å². The molecule has 1 saturated heterocycles. The third-order valence-electron chi connectivity index (χ3n) is 7.63. The third kappa shape index (κ3) is 3.92. The smallest absolute Gasteiger partial charge is 0.327 e. The van der Waals surface area contributed by atoms with Gasteiger partial charge in [0.2, 0.25) is 0 Å². The lowest BCUT2D eigenvalue weighted by Crippen LogP contribution is -2.42. The Hall–Kier alpha value is -2.75. The number of hydrogen-bond donors (Lipinski definition) is 2. The molecule has 1 heterocycles. The average molecular weight is 444 g/mol. The summed E-state index contributed by atoms with van der Waals surface area (Å²) in [6.07, 6.45) is 2.15. The average Bonchev–Trinajstić information content (AvgIpc) is 3.37. The monoisotopic (exact) mass is 443 g/mol. The Morgan fingerprint density at radius 3 is 2.59 bits per heavy atom. The van der Waals surface area contributed by atoms with Crippen molar-refractivity contribution in [2.45, 2.75) is 78.4 Å². The first-order valence-corrected chi connectivity index (χ1v) is 11.4. The van der Waals surface area contributed by atoms with Crippen LogP contribution >= 0.6 is 0 Å². The molecule has 2 saturated carbocycles. The molecule has 0 aromatic heterocycles. The minimum atomic E-state index is -0.974. The van der Waals surface area contributed by atoms with E-state index in [1.54, 1.807) is 6.07 Å². The van der Waals surface area contributed by atoms with Gasteiger partial charge in [0.05, 0.1) is 11.5 Å². The SMILES string of the molecule is CCC(C)(C)C(=O)OC1C2CC3C1OC(=O)C3(C#N)C2.CCC(C)c1ccc(O)c(O)c1. The molecule has 0 amide bonds. The maximum atomic E-state index is 12.2. The molecule has 1 aromatic rings. The Bertz CT molecular complexity index is 935. The summed E-state index contributed by atoms with van der Waals surface area (Å²) >= 11 is 0. The summed E-state index contributed by atoms with van der Waals surface area (Å²) in [4.78, 5) is 24.2. The molecule has 6 unspecified atom stereocenters. The molecule has 4 rings (SSSR count). The number of benzene rings is 1.